The summed E-state index contributed by atoms with van der Waals surface area (Å²) in [6.07, 6.45) is 0. The molecule has 24 heavy (non-hydrogen) atoms. The van der Waals surface area contributed by atoms with Crippen molar-refractivity contribution in [1.82, 2.24) is 0 Å². The summed E-state index contributed by atoms with van der Waals surface area (Å²) < 4.78 is 27.4. The number of phenols is 1. The van der Waals surface area contributed by atoms with Gasteiger partial charge in [0, 0.05) is 22.9 Å². The number of nitro benzene ring substituents is 1. The van der Waals surface area contributed by atoms with E-state index >= 15 is 0 Å². The fourth-order valence-electron chi connectivity index (χ4n) is 2.35. The average Bonchev–Trinajstić information content (AvgIpc) is 2.56. The van der Waals surface area contributed by atoms with Gasteiger partial charge in [-0.2, -0.15) is 0 Å². The first-order valence-electron chi connectivity index (χ1n) is 6.86. The summed E-state index contributed by atoms with van der Waals surface area (Å²) in [6, 6.07) is 14.4. The van der Waals surface area contributed by atoms with Gasteiger partial charge < -0.3 is 5.11 Å². The van der Waals surface area contributed by atoms with Crippen molar-refractivity contribution in [3.05, 3.63) is 70.8 Å². The Morgan fingerprint density at radius 1 is 0.958 bits per heavy atom. The molecule has 3 aromatic rings. The largest absolute Gasteiger partial charge is 0.507 e. The first-order valence-corrected chi connectivity index (χ1v) is 8.35. The number of phenolic OH excluding ortho intramolecular Hbond substituents is 1. The molecular formula is C16H12N2O5S. The highest BCUT2D eigenvalue weighted by molar-refractivity contribution is 7.92. The molecule has 0 saturated heterocycles. The van der Waals surface area contributed by atoms with Gasteiger partial charge in [0.2, 0.25) is 0 Å². The Morgan fingerprint density at radius 3 is 2.38 bits per heavy atom. The number of rotatable bonds is 4. The van der Waals surface area contributed by atoms with Gasteiger partial charge >= 0.3 is 0 Å². The predicted octanol–water partition coefficient (Wildman–Crippen LogP) is 3.25. The van der Waals surface area contributed by atoms with E-state index in [4.69, 9.17) is 0 Å². The number of anilines is 1. The third-order valence-electron chi connectivity index (χ3n) is 3.48. The first kappa shape index (κ1) is 15.8. The van der Waals surface area contributed by atoms with Crippen molar-refractivity contribution < 1.29 is 18.4 Å². The van der Waals surface area contributed by atoms with Gasteiger partial charge in [0.05, 0.1) is 15.5 Å². The molecule has 0 aromatic heterocycles. The summed E-state index contributed by atoms with van der Waals surface area (Å²) in [6.45, 7) is 0. The van der Waals surface area contributed by atoms with Crippen LogP contribution >= 0.6 is 0 Å². The standard InChI is InChI=1S/C16H12N2O5S/c19-16-9-3-6-13-14(16)7-2-8-15(13)17-24(22,23)12-5-1-4-11(10-12)18(20)21/h1-10,17,19H. The minimum Gasteiger partial charge on any atom is -0.507 e. The van der Waals surface area contributed by atoms with E-state index in [1.807, 2.05) is 0 Å². The van der Waals surface area contributed by atoms with Gasteiger partial charge in [0.15, 0.2) is 0 Å². The number of nitro groups is 1. The highest BCUT2D eigenvalue weighted by Gasteiger charge is 2.19. The molecule has 7 nitrogen and oxygen atoms in total. The van der Waals surface area contributed by atoms with Crippen LogP contribution < -0.4 is 4.72 Å². The fourth-order valence-corrected chi connectivity index (χ4v) is 3.47. The van der Waals surface area contributed by atoms with Crippen molar-refractivity contribution in [2.24, 2.45) is 0 Å². The van der Waals surface area contributed by atoms with Crippen molar-refractivity contribution in [2.45, 2.75) is 4.90 Å². The topological polar surface area (TPSA) is 110 Å². The van der Waals surface area contributed by atoms with Crippen LogP contribution in [-0.2, 0) is 10.0 Å². The molecule has 8 heteroatoms. The second-order valence-corrected chi connectivity index (χ2v) is 6.72. The minimum absolute atomic E-state index is 0.0314. The molecule has 0 fully saturated rings. The van der Waals surface area contributed by atoms with Gasteiger partial charge in [-0.05, 0) is 18.2 Å². The molecule has 0 unspecified atom stereocenters. The number of sulfonamides is 1. The van der Waals surface area contributed by atoms with Gasteiger partial charge in [-0.1, -0.05) is 30.3 Å². The number of fused-ring (bicyclic) bond motifs is 1. The van der Waals surface area contributed by atoms with Crippen LogP contribution in [0.5, 0.6) is 5.75 Å². The molecule has 0 bridgehead atoms. The molecule has 0 aliphatic rings. The summed E-state index contributed by atoms with van der Waals surface area (Å²) >= 11 is 0. The highest BCUT2D eigenvalue weighted by atomic mass is 32.2. The van der Waals surface area contributed by atoms with Crippen LogP contribution in [-0.4, -0.2) is 18.4 Å². The normalized spacial score (nSPS) is 11.3. The second-order valence-electron chi connectivity index (χ2n) is 5.04. The third-order valence-corrected chi connectivity index (χ3v) is 4.85. The SMILES string of the molecule is O=[N+]([O-])c1cccc(S(=O)(=O)Nc2cccc3c(O)cccc23)c1. The lowest BCUT2D eigenvalue weighted by Gasteiger charge is -2.11. The third kappa shape index (κ3) is 2.86. The maximum absolute atomic E-state index is 12.5. The Kier molecular flexibility index (Phi) is 3.82. The molecule has 0 radical (unpaired) electrons. The van der Waals surface area contributed by atoms with Crippen molar-refractivity contribution >= 4 is 32.2 Å². The second kappa shape index (κ2) is 5.82. The van der Waals surface area contributed by atoms with Gasteiger partial charge in [-0.25, -0.2) is 8.42 Å². The molecule has 0 atom stereocenters. The number of aromatic hydroxyl groups is 1. The van der Waals surface area contributed by atoms with Crippen molar-refractivity contribution in [2.75, 3.05) is 4.72 Å². The van der Waals surface area contributed by atoms with E-state index in [0.29, 0.717) is 10.8 Å². The van der Waals surface area contributed by atoms with E-state index in [1.54, 1.807) is 30.3 Å². The molecule has 0 aliphatic heterocycles. The van der Waals surface area contributed by atoms with Crippen LogP contribution in [0.3, 0.4) is 0 Å². The lowest BCUT2D eigenvalue weighted by molar-refractivity contribution is -0.385. The Bertz CT molecular complexity index is 1050. The maximum atomic E-state index is 12.5. The molecular weight excluding hydrogens is 332 g/mol. The molecule has 0 amide bonds. The number of hydrogen-bond donors (Lipinski definition) is 2. The van der Waals surface area contributed by atoms with Crippen molar-refractivity contribution in [3.63, 3.8) is 0 Å². The van der Waals surface area contributed by atoms with Crippen LogP contribution in [0.2, 0.25) is 0 Å². The van der Waals surface area contributed by atoms with Crippen molar-refractivity contribution in [3.8, 4) is 5.75 Å². The molecule has 3 aromatic carbocycles. The Morgan fingerprint density at radius 2 is 1.62 bits per heavy atom. The number of nitrogens with zero attached hydrogens (tertiary/aromatic N) is 1. The number of non-ortho nitro benzene ring substituents is 1. The fraction of sp³-hybridized carbons (Fsp3) is 0. The zero-order chi connectivity index (χ0) is 17.3. The van der Waals surface area contributed by atoms with E-state index in [0.717, 1.165) is 6.07 Å². The summed E-state index contributed by atoms with van der Waals surface area (Å²) in [7, 11) is -4.01. The van der Waals surface area contributed by atoms with Crippen LogP contribution in [0.15, 0.2) is 65.6 Å². The number of benzene rings is 3. The van der Waals surface area contributed by atoms with Gasteiger partial charge in [-0.3, -0.25) is 14.8 Å². The molecule has 3 rings (SSSR count). The van der Waals surface area contributed by atoms with Crippen molar-refractivity contribution in [1.29, 1.82) is 0 Å². The summed E-state index contributed by atoms with van der Waals surface area (Å²) in [5.41, 5.74) is -0.0386. The molecule has 0 heterocycles. The van der Waals surface area contributed by atoms with E-state index in [2.05, 4.69) is 4.72 Å². The Hall–Kier alpha value is -3.13. The summed E-state index contributed by atoms with van der Waals surface area (Å²) in [5.74, 6) is 0.0314. The molecule has 0 saturated carbocycles. The summed E-state index contributed by atoms with van der Waals surface area (Å²) in [4.78, 5) is 9.94. The molecule has 0 aliphatic carbocycles. The predicted molar refractivity (Wildman–Crippen MR) is 89.5 cm³/mol. The zero-order valence-corrected chi connectivity index (χ0v) is 13.0. The quantitative estimate of drug-likeness (QED) is 0.557. The first-order chi connectivity index (χ1) is 11.4. The number of hydrogen-bond acceptors (Lipinski definition) is 5. The zero-order valence-electron chi connectivity index (χ0n) is 12.2. The molecule has 0 spiro atoms. The van der Waals surface area contributed by atoms with Crippen LogP contribution in [0.4, 0.5) is 11.4 Å². The number of nitrogens with one attached hydrogen (secondary N) is 1. The Balaban J connectivity index is 2.06. The lowest BCUT2D eigenvalue weighted by Crippen LogP contribution is -2.13. The minimum atomic E-state index is -4.01. The average molecular weight is 344 g/mol. The Labute approximate surface area is 137 Å². The summed E-state index contributed by atoms with van der Waals surface area (Å²) in [5, 5.41) is 21.7. The molecule has 122 valence electrons. The van der Waals surface area contributed by atoms with Crippen LogP contribution in [0.1, 0.15) is 0 Å². The van der Waals surface area contributed by atoms with Gasteiger partial charge in [0.25, 0.3) is 15.7 Å². The smallest absolute Gasteiger partial charge is 0.270 e. The van der Waals surface area contributed by atoms with E-state index in [-0.39, 0.29) is 22.0 Å². The van der Waals surface area contributed by atoms with Gasteiger partial charge in [-0.15, -0.1) is 0 Å². The lowest BCUT2D eigenvalue weighted by atomic mass is 10.1. The van der Waals surface area contributed by atoms with Crippen LogP contribution in [0.25, 0.3) is 10.8 Å². The highest BCUT2D eigenvalue weighted by Crippen LogP contribution is 2.31. The molecule has 2 N–H and O–H groups in total. The van der Waals surface area contributed by atoms with Crippen LogP contribution in [0, 0.1) is 10.1 Å². The van der Waals surface area contributed by atoms with E-state index < -0.39 is 14.9 Å². The van der Waals surface area contributed by atoms with E-state index in [9.17, 15) is 23.6 Å². The maximum Gasteiger partial charge on any atom is 0.270 e. The van der Waals surface area contributed by atoms with E-state index in [1.165, 1.54) is 24.3 Å². The monoisotopic (exact) mass is 344 g/mol. The van der Waals surface area contributed by atoms with Gasteiger partial charge in [0.1, 0.15) is 5.75 Å².